The zero-order valence-electron chi connectivity index (χ0n) is 12.9. The van der Waals surface area contributed by atoms with Gasteiger partial charge in [0.2, 0.25) is 0 Å². The molecule has 1 radical (unpaired) electrons. The Labute approximate surface area is 124 Å². The first-order valence-corrected chi connectivity index (χ1v) is 7.86. The number of hydrogen-bond acceptors (Lipinski definition) is 2. The monoisotopic (exact) mass is 277 g/mol. The average molecular weight is 277 g/mol. The largest absolute Gasteiger partial charge is 0.497 e. The molecule has 0 unspecified atom stereocenters. The summed E-state index contributed by atoms with van der Waals surface area (Å²) in [6.45, 7) is 5.59. The van der Waals surface area contributed by atoms with E-state index in [1.807, 2.05) is 12.1 Å². The maximum absolute atomic E-state index is 5.52. The van der Waals surface area contributed by atoms with Crippen LogP contribution >= 0.6 is 0 Å². The maximum atomic E-state index is 5.52. The molecule has 0 bridgehead atoms. The van der Waals surface area contributed by atoms with Crippen LogP contribution in [0, 0.1) is 6.92 Å². The van der Waals surface area contributed by atoms with Crippen LogP contribution in [-0.4, -0.2) is 20.3 Å². The summed E-state index contributed by atoms with van der Waals surface area (Å²) in [7, 11) is 1.71. The highest BCUT2D eigenvalue weighted by Crippen LogP contribution is 2.14. The third-order valence-corrected chi connectivity index (χ3v) is 3.45. The quantitative estimate of drug-likeness (QED) is 0.510. The van der Waals surface area contributed by atoms with Crippen LogP contribution in [0.15, 0.2) is 24.3 Å². The zero-order valence-corrected chi connectivity index (χ0v) is 12.9. The molecule has 0 fully saturated rings. The van der Waals surface area contributed by atoms with Gasteiger partial charge in [-0.2, -0.15) is 0 Å². The second-order valence-corrected chi connectivity index (χ2v) is 5.19. The van der Waals surface area contributed by atoms with Crippen molar-refractivity contribution in [1.82, 2.24) is 0 Å². The van der Waals surface area contributed by atoms with Crippen molar-refractivity contribution in [2.45, 2.75) is 51.4 Å². The minimum atomic E-state index is 0.876. The molecule has 0 spiro atoms. The van der Waals surface area contributed by atoms with Gasteiger partial charge in [0.1, 0.15) is 5.75 Å². The van der Waals surface area contributed by atoms with Crippen molar-refractivity contribution in [3.63, 3.8) is 0 Å². The highest BCUT2D eigenvalue weighted by atomic mass is 16.5. The topological polar surface area (TPSA) is 18.5 Å². The van der Waals surface area contributed by atoms with Gasteiger partial charge in [-0.15, -0.1) is 0 Å². The number of benzene rings is 1. The number of hydrogen-bond donors (Lipinski definition) is 0. The molecule has 20 heavy (non-hydrogen) atoms. The molecular formula is C18H29O2. The van der Waals surface area contributed by atoms with Gasteiger partial charge in [-0.3, -0.25) is 0 Å². The van der Waals surface area contributed by atoms with E-state index in [9.17, 15) is 0 Å². The third kappa shape index (κ3) is 8.21. The van der Waals surface area contributed by atoms with Gasteiger partial charge in [0.25, 0.3) is 0 Å². The van der Waals surface area contributed by atoms with Crippen molar-refractivity contribution in [3.05, 3.63) is 36.8 Å². The standard InChI is InChI=1S/C18H29O2/c1-3-4-15-20-16-9-7-5-6-8-10-17-11-13-18(19-2)14-12-17/h11-14H,1,3-10,15-16H2,2H3. The van der Waals surface area contributed by atoms with Gasteiger partial charge in [-0.25, -0.2) is 0 Å². The molecule has 0 atom stereocenters. The number of aryl methyl sites for hydroxylation is 1. The van der Waals surface area contributed by atoms with E-state index in [-0.39, 0.29) is 0 Å². The summed E-state index contributed by atoms with van der Waals surface area (Å²) in [5.41, 5.74) is 1.40. The molecule has 0 saturated carbocycles. The van der Waals surface area contributed by atoms with Gasteiger partial charge in [-0.05, 0) is 43.4 Å². The van der Waals surface area contributed by atoms with Crippen molar-refractivity contribution in [1.29, 1.82) is 0 Å². The second-order valence-electron chi connectivity index (χ2n) is 5.19. The van der Waals surface area contributed by atoms with Crippen LogP contribution in [0.2, 0.25) is 0 Å². The number of methoxy groups -OCH3 is 1. The summed E-state index contributed by atoms with van der Waals surface area (Å²) in [5.74, 6) is 0.938. The predicted octanol–water partition coefficient (Wildman–Crippen LogP) is 4.82. The van der Waals surface area contributed by atoms with E-state index in [1.165, 1.54) is 44.1 Å². The van der Waals surface area contributed by atoms with Gasteiger partial charge >= 0.3 is 0 Å². The molecule has 113 valence electrons. The fourth-order valence-electron chi connectivity index (χ4n) is 2.16. The SMILES string of the molecule is [CH2]CCCOCCCCCCCc1ccc(OC)cc1. The Morgan fingerprint density at radius 1 is 0.850 bits per heavy atom. The summed E-state index contributed by atoms with van der Waals surface area (Å²) < 4.78 is 10.7. The Morgan fingerprint density at radius 2 is 1.50 bits per heavy atom. The predicted molar refractivity (Wildman–Crippen MR) is 85.2 cm³/mol. The highest BCUT2D eigenvalue weighted by molar-refractivity contribution is 5.27. The van der Waals surface area contributed by atoms with Crippen LogP contribution in [0.1, 0.15) is 50.5 Å². The molecule has 0 aliphatic heterocycles. The lowest BCUT2D eigenvalue weighted by molar-refractivity contribution is 0.128. The van der Waals surface area contributed by atoms with E-state index < -0.39 is 0 Å². The fourth-order valence-corrected chi connectivity index (χ4v) is 2.16. The van der Waals surface area contributed by atoms with Crippen LogP contribution in [-0.2, 0) is 11.2 Å². The molecule has 2 heteroatoms. The Kier molecular flexibility index (Phi) is 10.0. The molecule has 0 N–H and O–H groups in total. The summed E-state index contributed by atoms with van der Waals surface area (Å²) in [4.78, 5) is 0. The van der Waals surface area contributed by atoms with Gasteiger partial charge in [0, 0.05) is 13.2 Å². The van der Waals surface area contributed by atoms with E-state index in [2.05, 4.69) is 19.1 Å². The summed E-state index contributed by atoms with van der Waals surface area (Å²) in [6.07, 6.45) is 9.61. The Balaban J connectivity index is 1.91. The van der Waals surface area contributed by atoms with Crippen LogP contribution in [0.25, 0.3) is 0 Å². The van der Waals surface area contributed by atoms with E-state index >= 15 is 0 Å². The van der Waals surface area contributed by atoms with Gasteiger partial charge in [0.05, 0.1) is 7.11 Å². The minimum Gasteiger partial charge on any atom is -0.497 e. The van der Waals surface area contributed by atoms with Crippen molar-refractivity contribution in [2.75, 3.05) is 20.3 Å². The lowest BCUT2D eigenvalue weighted by atomic mass is 10.1. The molecule has 1 aromatic rings. The van der Waals surface area contributed by atoms with E-state index in [1.54, 1.807) is 7.11 Å². The van der Waals surface area contributed by atoms with Gasteiger partial charge in [0.15, 0.2) is 0 Å². The van der Waals surface area contributed by atoms with E-state index in [0.717, 1.165) is 31.8 Å². The molecule has 2 nitrogen and oxygen atoms in total. The third-order valence-electron chi connectivity index (χ3n) is 3.45. The Bertz CT molecular complexity index is 319. The normalized spacial score (nSPS) is 10.7. The first kappa shape index (κ1) is 17.0. The van der Waals surface area contributed by atoms with Crippen molar-refractivity contribution >= 4 is 0 Å². The minimum absolute atomic E-state index is 0.876. The molecule has 1 rings (SSSR count). The van der Waals surface area contributed by atoms with Crippen LogP contribution < -0.4 is 4.74 Å². The molecule has 0 saturated heterocycles. The van der Waals surface area contributed by atoms with Crippen LogP contribution in [0.3, 0.4) is 0 Å². The molecular weight excluding hydrogens is 248 g/mol. The first-order valence-electron chi connectivity index (χ1n) is 7.86. The molecule has 0 heterocycles. The smallest absolute Gasteiger partial charge is 0.118 e. The maximum Gasteiger partial charge on any atom is 0.118 e. The van der Waals surface area contributed by atoms with Crippen molar-refractivity contribution in [2.24, 2.45) is 0 Å². The summed E-state index contributed by atoms with van der Waals surface area (Å²) >= 11 is 0. The van der Waals surface area contributed by atoms with Crippen LogP contribution in [0.5, 0.6) is 5.75 Å². The number of ether oxygens (including phenoxy) is 2. The van der Waals surface area contributed by atoms with Crippen molar-refractivity contribution < 1.29 is 9.47 Å². The van der Waals surface area contributed by atoms with Gasteiger partial charge in [-0.1, -0.05) is 44.7 Å². The number of rotatable bonds is 12. The molecule has 0 aromatic heterocycles. The fraction of sp³-hybridized carbons (Fsp3) is 0.611. The number of unbranched alkanes of at least 4 members (excludes halogenated alkanes) is 5. The van der Waals surface area contributed by atoms with Crippen LogP contribution in [0.4, 0.5) is 0 Å². The molecule has 1 aromatic carbocycles. The van der Waals surface area contributed by atoms with E-state index in [0.29, 0.717) is 0 Å². The molecule has 0 aliphatic rings. The van der Waals surface area contributed by atoms with Gasteiger partial charge < -0.3 is 9.47 Å². The summed E-state index contributed by atoms with van der Waals surface area (Å²) in [6, 6.07) is 8.40. The van der Waals surface area contributed by atoms with Crippen molar-refractivity contribution in [3.8, 4) is 5.75 Å². The lowest BCUT2D eigenvalue weighted by Crippen LogP contribution is -1.96. The molecule has 0 aliphatic carbocycles. The highest BCUT2D eigenvalue weighted by Gasteiger charge is 1.96. The zero-order chi connectivity index (χ0) is 14.5. The Morgan fingerprint density at radius 3 is 2.20 bits per heavy atom. The second kappa shape index (κ2) is 11.8. The van der Waals surface area contributed by atoms with E-state index in [4.69, 9.17) is 9.47 Å². The first-order chi connectivity index (χ1) is 9.86. The lowest BCUT2D eigenvalue weighted by Gasteiger charge is -2.05. The average Bonchev–Trinajstić information content (AvgIpc) is 2.50. The molecule has 0 amide bonds. The Hall–Kier alpha value is -1.02. The summed E-state index contributed by atoms with van der Waals surface area (Å²) in [5, 5.41) is 0.